The number of anilines is 1. The number of aromatic nitrogens is 3. The summed E-state index contributed by atoms with van der Waals surface area (Å²) in [6.45, 7) is 1.29. The average Bonchev–Trinajstić information content (AvgIpc) is 3.37. The highest BCUT2D eigenvalue weighted by Gasteiger charge is 2.22. The van der Waals surface area contributed by atoms with Crippen molar-refractivity contribution in [2.45, 2.75) is 30.6 Å². The molecule has 6 nitrogen and oxygen atoms in total. The minimum Gasteiger partial charge on any atom is -0.376 e. The highest BCUT2D eigenvalue weighted by Crippen LogP contribution is 2.27. The first-order valence-electron chi connectivity index (χ1n) is 9.67. The van der Waals surface area contributed by atoms with Crippen molar-refractivity contribution in [3.63, 3.8) is 0 Å². The zero-order valence-electron chi connectivity index (χ0n) is 16.4. The number of ether oxygens (including phenoxy) is 1. The molecule has 0 aliphatic carbocycles. The largest absolute Gasteiger partial charge is 0.376 e. The van der Waals surface area contributed by atoms with Crippen LogP contribution in [0, 0.1) is 5.82 Å². The molecule has 0 spiro atoms. The summed E-state index contributed by atoms with van der Waals surface area (Å²) in [5.74, 6) is 0.191. The Balaban J connectivity index is 1.50. The Morgan fingerprint density at radius 2 is 1.94 bits per heavy atom. The Bertz CT molecular complexity index is 1050. The third-order valence-electron chi connectivity index (χ3n) is 4.71. The number of carbonyl (C=O) groups excluding carboxylic acids is 1. The molecule has 2 aromatic carbocycles. The van der Waals surface area contributed by atoms with Crippen LogP contribution in [0.3, 0.4) is 0 Å². The van der Waals surface area contributed by atoms with Crippen molar-refractivity contribution in [2.24, 2.45) is 0 Å². The molecule has 0 bridgehead atoms. The smallest absolute Gasteiger partial charge is 0.234 e. The Kier molecular flexibility index (Phi) is 7.12. The van der Waals surface area contributed by atoms with Crippen molar-refractivity contribution < 1.29 is 13.9 Å². The van der Waals surface area contributed by atoms with Crippen molar-refractivity contribution >= 4 is 46.6 Å². The zero-order valence-corrected chi connectivity index (χ0v) is 18.7. The van der Waals surface area contributed by atoms with Gasteiger partial charge in [-0.1, -0.05) is 35.0 Å². The SMILES string of the molecule is O=C(CSc1nnc(-c2ccc(F)cc2)n1C[C@@H]1CCCO1)Nc1cc(Cl)cc(Cl)c1. The van der Waals surface area contributed by atoms with Crippen molar-refractivity contribution in [3.05, 3.63) is 58.3 Å². The molecule has 1 fully saturated rings. The van der Waals surface area contributed by atoms with Crippen LogP contribution in [0.2, 0.25) is 10.0 Å². The number of nitrogens with zero attached hydrogens (tertiary/aromatic N) is 3. The Morgan fingerprint density at radius 3 is 2.61 bits per heavy atom. The number of hydrogen-bond acceptors (Lipinski definition) is 5. The molecule has 1 aliphatic rings. The first-order chi connectivity index (χ1) is 15.0. The van der Waals surface area contributed by atoms with E-state index in [1.54, 1.807) is 30.3 Å². The molecule has 0 saturated carbocycles. The molecule has 1 aliphatic heterocycles. The van der Waals surface area contributed by atoms with Gasteiger partial charge in [0.05, 0.1) is 18.4 Å². The number of halogens is 3. The van der Waals surface area contributed by atoms with E-state index in [1.807, 2.05) is 4.57 Å². The minimum atomic E-state index is -0.318. The fourth-order valence-electron chi connectivity index (χ4n) is 3.32. The number of thioether (sulfide) groups is 1. The summed E-state index contributed by atoms with van der Waals surface area (Å²) in [6, 6.07) is 10.9. The Labute approximate surface area is 193 Å². The predicted molar refractivity (Wildman–Crippen MR) is 120 cm³/mol. The number of carbonyl (C=O) groups is 1. The van der Waals surface area contributed by atoms with E-state index in [0.29, 0.717) is 33.3 Å². The molecule has 4 rings (SSSR count). The zero-order chi connectivity index (χ0) is 21.8. The van der Waals surface area contributed by atoms with Gasteiger partial charge in [-0.3, -0.25) is 9.36 Å². The van der Waals surface area contributed by atoms with E-state index in [4.69, 9.17) is 27.9 Å². The van der Waals surface area contributed by atoms with E-state index in [9.17, 15) is 9.18 Å². The summed E-state index contributed by atoms with van der Waals surface area (Å²) in [6.07, 6.45) is 2.00. The van der Waals surface area contributed by atoms with Crippen LogP contribution in [0.25, 0.3) is 11.4 Å². The lowest BCUT2D eigenvalue weighted by Crippen LogP contribution is -2.18. The van der Waals surface area contributed by atoms with Gasteiger partial charge >= 0.3 is 0 Å². The molecule has 1 aromatic heterocycles. The monoisotopic (exact) mass is 480 g/mol. The van der Waals surface area contributed by atoms with Gasteiger partial charge in [0.25, 0.3) is 0 Å². The fourth-order valence-corrected chi connectivity index (χ4v) is 4.59. The van der Waals surface area contributed by atoms with E-state index in [1.165, 1.54) is 23.9 Å². The molecule has 1 saturated heterocycles. The van der Waals surface area contributed by atoms with Crippen molar-refractivity contribution in [1.29, 1.82) is 0 Å². The van der Waals surface area contributed by atoms with Crippen LogP contribution >= 0.6 is 35.0 Å². The standard InChI is InChI=1S/C21H19Cl2FN4O2S/c22-14-8-15(23)10-17(9-14)25-19(29)12-31-21-27-26-20(13-3-5-16(24)6-4-13)28(21)11-18-2-1-7-30-18/h3-6,8-10,18H,1-2,7,11-12H2,(H,25,29)/t18-/m0/s1. The van der Waals surface area contributed by atoms with Crippen molar-refractivity contribution in [1.82, 2.24) is 14.8 Å². The van der Waals surface area contributed by atoms with Gasteiger partial charge < -0.3 is 10.1 Å². The molecular formula is C21H19Cl2FN4O2S. The molecule has 10 heteroatoms. The van der Waals surface area contributed by atoms with Crippen LogP contribution in [-0.2, 0) is 16.1 Å². The van der Waals surface area contributed by atoms with E-state index in [-0.39, 0.29) is 23.6 Å². The molecule has 1 atom stereocenters. The lowest BCUT2D eigenvalue weighted by molar-refractivity contribution is -0.113. The molecule has 31 heavy (non-hydrogen) atoms. The average molecular weight is 481 g/mol. The first kappa shape index (κ1) is 22.1. The fraction of sp³-hybridized carbons (Fsp3) is 0.286. The Morgan fingerprint density at radius 1 is 1.19 bits per heavy atom. The highest BCUT2D eigenvalue weighted by atomic mass is 35.5. The third kappa shape index (κ3) is 5.77. The maximum atomic E-state index is 13.3. The lowest BCUT2D eigenvalue weighted by atomic mass is 10.2. The number of hydrogen-bond donors (Lipinski definition) is 1. The number of nitrogens with one attached hydrogen (secondary N) is 1. The molecule has 2 heterocycles. The van der Waals surface area contributed by atoms with Gasteiger partial charge in [-0.15, -0.1) is 10.2 Å². The van der Waals surface area contributed by atoms with Crippen molar-refractivity contribution in [3.8, 4) is 11.4 Å². The van der Waals surface area contributed by atoms with E-state index in [0.717, 1.165) is 25.0 Å². The summed E-state index contributed by atoms with van der Waals surface area (Å²) >= 11 is 13.2. The van der Waals surface area contributed by atoms with E-state index >= 15 is 0 Å². The van der Waals surface area contributed by atoms with Gasteiger partial charge in [-0.2, -0.15) is 0 Å². The van der Waals surface area contributed by atoms with Crippen LogP contribution in [0.15, 0.2) is 47.6 Å². The quantitative estimate of drug-likeness (QED) is 0.464. The topological polar surface area (TPSA) is 69.0 Å². The summed E-state index contributed by atoms with van der Waals surface area (Å²) in [4.78, 5) is 12.4. The van der Waals surface area contributed by atoms with E-state index < -0.39 is 0 Å². The predicted octanol–water partition coefficient (Wildman–Crippen LogP) is 5.30. The van der Waals surface area contributed by atoms with Gasteiger partial charge in [0, 0.05) is 27.9 Å². The lowest BCUT2D eigenvalue weighted by Gasteiger charge is -2.14. The minimum absolute atomic E-state index is 0.0528. The van der Waals surface area contributed by atoms with Crippen LogP contribution in [0.5, 0.6) is 0 Å². The summed E-state index contributed by atoms with van der Waals surface area (Å²) in [5.41, 5.74) is 1.27. The molecule has 1 amide bonds. The maximum Gasteiger partial charge on any atom is 0.234 e. The summed E-state index contributed by atoms with van der Waals surface area (Å²) in [5, 5.41) is 12.8. The molecule has 1 N–H and O–H groups in total. The van der Waals surface area contributed by atoms with Gasteiger partial charge in [-0.05, 0) is 55.3 Å². The van der Waals surface area contributed by atoms with Gasteiger partial charge in [0.2, 0.25) is 5.91 Å². The molecule has 162 valence electrons. The van der Waals surface area contributed by atoms with Crippen molar-refractivity contribution in [2.75, 3.05) is 17.7 Å². The molecular weight excluding hydrogens is 462 g/mol. The number of amides is 1. The highest BCUT2D eigenvalue weighted by molar-refractivity contribution is 7.99. The van der Waals surface area contributed by atoms with Crippen LogP contribution in [0.4, 0.5) is 10.1 Å². The third-order valence-corrected chi connectivity index (χ3v) is 6.11. The first-order valence-corrected chi connectivity index (χ1v) is 11.4. The van der Waals surface area contributed by atoms with Gasteiger partial charge in [0.1, 0.15) is 5.82 Å². The number of rotatable bonds is 7. The second-order valence-electron chi connectivity index (χ2n) is 7.05. The second kappa shape index (κ2) is 9.99. The summed E-state index contributed by atoms with van der Waals surface area (Å²) < 4.78 is 21.0. The molecule has 0 radical (unpaired) electrons. The van der Waals surface area contributed by atoms with Gasteiger partial charge in [-0.25, -0.2) is 4.39 Å². The molecule has 0 unspecified atom stereocenters. The Hall–Kier alpha value is -2.13. The molecule has 3 aromatic rings. The van der Waals surface area contributed by atoms with Gasteiger partial charge in [0.15, 0.2) is 11.0 Å². The second-order valence-corrected chi connectivity index (χ2v) is 8.87. The maximum absolute atomic E-state index is 13.3. The normalized spacial score (nSPS) is 15.9. The van der Waals surface area contributed by atoms with Crippen LogP contribution < -0.4 is 5.32 Å². The van der Waals surface area contributed by atoms with Crippen LogP contribution in [0.1, 0.15) is 12.8 Å². The van der Waals surface area contributed by atoms with E-state index in [2.05, 4.69) is 15.5 Å². The number of benzene rings is 2. The van der Waals surface area contributed by atoms with Crippen LogP contribution in [-0.4, -0.2) is 39.1 Å². The summed E-state index contributed by atoms with van der Waals surface area (Å²) in [7, 11) is 0.